The van der Waals surface area contributed by atoms with E-state index >= 15 is 0 Å². The summed E-state index contributed by atoms with van der Waals surface area (Å²) in [5.74, 6) is 0.511. The van der Waals surface area contributed by atoms with Crippen LogP contribution < -0.4 is 5.32 Å². The highest BCUT2D eigenvalue weighted by Crippen LogP contribution is 2.28. The van der Waals surface area contributed by atoms with Crippen molar-refractivity contribution in [2.24, 2.45) is 0 Å². The van der Waals surface area contributed by atoms with E-state index in [2.05, 4.69) is 36.3 Å². The zero-order valence-electron chi connectivity index (χ0n) is 17.4. The second kappa shape index (κ2) is 8.02. The lowest BCUT2D eigenvalue weighted by molar-refractivity contribution is -0.385. The first-order valence-electron chi connectivity index (χ1n) is 9.89. The molecule has 31 heavy (non-hydrogen) atoms. The molecule has 1 aromatic heterocycles. The molecule has 0 bridgehead atoms. The number of nitro groups is 1. The molecule has 0 aliphatic carbocycles. The monoisotopic (exact) mass is 415 g/mol. The van der Waals surface area contributed by atoms with Crippen molar-refractivity contribution in [3.63, 3.8) is 0 Å². The lowest BCUT2D eigenvalue weighted by atomic mass is 10.0. The van der Waals surface area contributed by atoms with Gasteiger partial charge >= 0.3 is 0 Å². The molecule has 0 aliphatic rings. The zero-order chi connectivity index (χ0) is 22.1. The molecule has 3 aromatic carbocycles. The van der Waals surface area contributed by atoms with Gasteiger partial charge in [0, 0.05) is 28.4 Å². The maximum absolute atomic E-state index is 12.6. The fourth-order valence-electron chi connectivity index (χ4n) is 3.29. The highest BCUT2D eigenvalue weighted by atomic mass is 16.6. The van der Waals surface area contributed by atoms with Crippen molar-refractivity contribution in [1.82, 2.24) is 4.98 Å². The molecule has 0 saturated carbocycles. The molecule has 156 valence electrons. The summed E-state index contributed by atoms with van der Waals surface area (Å²) < 4.78 is 5.86. The number of hydrogen-bond donors (Lipinski definition) is 1. The summed E-state index contributed by atoms with van der Waals surface area (Å²) in [6, 6.07) is 17.6. The molecule has 1 N–H and O–H groups in total. The van der Waals surface area contributed by atoms with E-state index in [1.807, 2.05) is 12.1 Å². The number of aromatic nitrogens is 1. The SMILES string of the molecule is Cc1ccc(C(=O)Nc2ccc3oc(-c4ccc(C(C)C)cc4)nc3c2)cc1[N+](=O)[O-]. The molecule has 1 heterocycles. The Morgan fingerprint density at radius 1 is 1.06 bits per heavy atom. The number of nitrogens with zero attached hydrogens (tertiary/aromatic N) is 2. The first-order chi connectivity index (χ1) is 14.8. The van der Waals surface area contributed by atoms with Crippen molar-refractivity contribution in [2.45, 2.75) is 26.7 Å². The Bertz CT molecular complexity index is 1290. The molecular formula is C24H21N3O4. The molecule has 4 aromatic rings. The summed E-state index contributed by atoms with van der Waals surface area (Å²) in [6.45, 7) is 5.91. The van der Waals surface area contributed by atoms with Crippen molar-refractivity contribution in [3.05, 3.63) is 87.5 Å². The number of anilines is 1. The smallest absolute Gasteiger partial charge is 0.273 e. The van der Waals surface area contributed by atoms with Gasteiger partial charge in [-0.2, -0.15) is 0 Å². The average molecular weight is 415 g/mol. The fraction of sp³-hybridized carbons (Fsp3) is 0.167. The minimum Gasteiger partial charge on any atom is -0.436 e. The molecule has 0 fully saturated rings. The van der Waals surface area contributed by atoms with Crippen molar-refractivity contribution >= 4 is 28.4 Å². The second-order valence-corrected chi connectivity index (χ2v) is 7.69. The highest BCUT2D eigenvalue weighted by Gasteiger charge is 2.16. The van der Waals surface area contributed by atoms with Gasteiger partial charge in [0.25, 0.3) is 11.6 Å². The molecule has 4 rings (SSSR count). The van der Waals surface area contributed by atoms with Gasteiger partial charge in [-0.3, -0.25) is 14.9 Å². The van der Waals surface area contributed by atoms with Crippen LogP contribution in [0.4, 0.5) is 11.4 Å². The van der Waals surface area contributed by atoms with E-state index in [0.717, 1.165) is 5.56 Å². The fourth-order valence-corrected chi connectivity index (χ4v) is 3.29. The van der Waals surface area contributed by atoms with Crippen LogP contribution in [0, 0.1) is 17.0 Å². The molecule has 0 unspecified atom stereocenters. The predicted octanol–water partition coefficient (Wildman–Crippen LogP) is 6.09. The largest absolute Gasteiger partial charge is 0.436 e. The van der Waals surface area contributed by atoms with Crippen molar-refractivity contribution in [1.29, 1.82) is 0 Å². The van der Waals surface area contributed by atoms with Crippen molar-refractivity contribution in [2.75, 3.05) is 5.32 Å². The minimum absolute atomic E-state index is 0.0901. The summed E-state index contributed by atoms with van der Waals surface area (Å²) >= 11 is 0. The Labute approximate surface area is 178 Å². The number of hydrogen-bond acceptors (Lipinski definition) is 5. The molecule has 0 saturated heterocycles. The number of oxazole rings is 1. The van der Waals surface area contributed by atoms with Gasteiger partial charge < -0.3 is 9.73 Å². The van der Waals surface area contributed by atoms with Gasteiger partial charge in [0.05, 0.1) is 4.92 Å². The second-order valence-electron chi connectivity index (χ2n) is 7.69. The van der Waals surface area contributed by atoms with Crippen LogP contribution in [0.5, 0.6) is 0 Å². The molecule has 0 aliphatic heterocycles. The van der Waals surface area contributed by atoms with E-state index in [0.29, 0.717) is 34.2 Å². The average Bonchev–Trinajstić information content (AvgIpc) is 3.17. The summed E-state index contributed by atoms with van der Waals surface area (Å²) in [4.78, 5) is 27.7. The molecule has 0 atom stereocenters. The van der Waals surface area contributed by atoms with E-state index in [1.54, 1.807) is 37.3 Å². The Morgan fingerprint density at radius 2 is 1.81 bits per heavy atom. The number of rotatable bonds is 5. The quantitative estimate of drug-likeness (QED) is 0.314. The van der Waals surface area contributed by atoms with Gasteiger partial charge in [-0.25, -0.2) is 4.98 Å². The molecule has 1 amide bonds. The zero-order valence-corrected chi connectivity index (χ0v) is 17.4. The van der Waals surface area contributed by atoms with Crippen LogP contribution in [0.3, 0.4) is 0 Å². The summed E-state index contributed by atoms with van der Waals surface area (Å²) in [5, 5.41) is 13.9. The van der Waals surface area contributed by atoms with Gasteiger partial charge in [0.2, 0.25) is 5.89 Å². The predicted molar refractivity (Wildman–Crippen MR) is 119 cm³/mol. The van der Waals surface area contributed by atoms with Crippen LogP contribution in [0.25, 0.3) is 22.6 Å². The van der Waals surface area contributed by atoms with Crippen LogP contribution in [0.1, 0.15) is 41.3 Å². The molecular weight excluding hydrogens is 394 g/mol. The number of carbonyl (C=O) groups is 1. The van der Waals surface area contributed by atoms with E-state index in [4.69, 9.17) is 4.42 Å². The minimum atomic E-state index is -0.497. The number of nitrogens with one attached hydrogen (secondary N) is 1. The van der Waals surface area contributed by atoms with Crippen molar-refractivity contribution in [3.8, 4) is 11.5 Å². The highest BCUT2D eigenvalue weighted by molar-refractivity contribution is 6.05. The van der Waals surface area contributed by atoms with Gasteiger partial charge in [0.1, 0.15) is 5.52 Å². The van der Waals surface area contributed by atoms with Crippen LogP contribution in [0.2, 0.25) is 0 Å². The number of amides is 1. The standard InChI is InChI=1S/C24H21N3O4/c1-14(2)16-6-8-17(9-7-16)24-26-20-13-19(10-11-22(20)31-24)25-23(28)18-5-4-15(3)21(12-18)27(29)30/h4-14H,1-3H3,(H,25,28). The Balaban J connectivity index is 1.58. The Morgan fingerprint density at radius 3 is 2.48 bits per heavy atom. The van der Waals surface area contributed by atoms with Crippen LogP contribution in [-0.2, 0) is 0 Å². The number of fused-ring (bicyclic) bond motifs is 1. The van der Waals surface area contributed by atoms with Gasteiger partial charge in [-0.05, 0) is 54.8 Å². The van der Waals surface area contributed by atoms with E-state index in [1.165, 1.54) is 11.6 Å². The van der Waals surface area contributed by atoms with Crippen LogP contribution in [-0.4, -0.2) is 15.8 Å². The third-order valence-electron chi connectivity index (χ3n) is 5.14. The van der Waals surface area contributed by atoms with E-state index in [-0.39, 0.29) is 11.3 Å². The normalized spacial score (nSPS) is 11.1. The third-order valence-corrected chi connectivity index (χ3v) is 5.14. The maximum Gasteiger partial charge on any atom is 0.273 e. The lowest BCUT2D eigenvalue weighted by Gasteiger charge is -2.06. The molecule has 0 spiro atoms. The first kappa shape index (κ1) is 20.3. The first-order valence-corrected chi connectivity index (χ1v) is 9.89. The van der Waals surface area contributed by atoms with E-state index < -0.39 is 10.8 Å². The summed E-state index contributed by atoms with van der Waals surface area (Å²) in [7, 11) is 0. The topological polar surface area (TPSA) is 98.3 Å². The number of benzene rings is 3. The van der Waals surface area contributed by atoms with Crippen molar-refractivity contribution < 1.29 is 14.1 Å². The molecule has 7 heteroatoms. The van der Waals surface area contributed by atoms with Gasteiger partial charge in [-0.15, -0.1) is 0 Å². The molecule has 0 radical (unpaired) electrons. The third kappa shape index (κ3) is 4.16. The number of aryl methyl sites for hydroxylation is 1. The maximum atomic E-state index is 12.6. The molecule has 7 nitrogen and oxygen atoms in total. The van der Waals surface area contributed by atoms with Crippen LogP contribution in [0.15, 0.2) is 65.1 Å². The number of carbonyl (C=O) groups excluding carboxylic acids is 1. The lowest BCUT2D eigenvalue weighted by Crippen LogP contribution is -2.12. The van der Waals surface area contributed by atoms with Crippen LogP contribution >= 0.6 is 0 Å². The van der Waals surface area contributed by atoms with Gasteiger partial charge in [0.15, 0.2) is 5.58 Å². The summed E-state index contributed by atoms with van der Waals surface area (Å²) in [6.07, 6.45) is 0. The van der Waals surface area contributed by atoms with E-state index in [9.17, 15) is 14.9 Å². The summed E-state index contributed by atoms with van der Waals surface area (Å²) in [5.41, 5.74) is 4.47. The number of nitro benzene ring substituents is 1. The Kier molecular flexibility index (Phi) is 5.25. The van der Waals surface area contributed by atoms with Gasteiger partial charge in [-0.1, -0.05) is 32.0 Å². The Hall–Kier alpha value is -4.00.